The smallest absolute Gasteiger partial charge is 0.252 e. The van der Waals surface area contributed by atoms with Crippen molar-refractivity contribution in [3.05, 3.63) is 71.9 Å². The van der Waals surface area contributed by atoms with Crippen LogP contribution in [0.3, 0.4) is 0 Å². The van der Waals surface area contributed by atoms with Gasteiger partial charge < -0.3 is 20.5 Å². The Labute approximate surface area is 213 Å². The molecule has 5 rings (SSSR count). The molecule has 1 saturated carbocycles. The van der Waals surface area contributed by atoms with E-state index in [2.05, 4.69) is 20.5 Å². The molecule has 1 atom stereocenters. The Kier molecular flexibility index (Phi) is 8.01. The van der Waals surface area contributed by atoms with Gasteiger partial charge in [0, 0.05) is 30.4 Å². The fraction of sp³-hybridized carbons (Fsp3) is 0.467. The van der Waals surface area contributed by atoms with Crippen LogP contribution in [0.2, 0.25) is 0 Å². The van der Waals surface area contributed by atoms with Crippen LogP contribution in [0.1, 0.15) is 66.9 Å². The first-order chi connectivity index (χ1) is 17.7. The third kappa shape index (κ3) is 6.16. The van der Waals surface area contributed by atoms with Crippen molar-refractivity contribution in [3.8, 4) is 0 Å². The van der Waals surface area contributed by atoms with Crippen molar-refractivity contribution in [1.82, 2.24) is 20.5 Å². The number of likely N-dealkylation sites (tertiary alicyclic amines) is 1. The Bertz CT molecular complexity index is 1140. The van der Waals surface area contributed by atoms with Crippen molar-refractivity contribution in [3.63, 3.8) is 0 Å². The number of fused-ring (bicyclic) bond motifs is 1. The largest absolute Gasteiger partial charge is 0.361 e. The van der Waals surface area contributed by atoms with Crippen LogP contribution in [0.4, 0.5) is 0 Å². The van der Waals surface area contributed by atoms with E-state index in [4.69, 9.17) is 0 Å². The lowest BCUT2D eigenvalue weighted by Gasteiger charge is -2.35. The highest BCUT2D eigenvalue weighted by atomic mass is 16.2. The zero-order valence-electron chi connectivity index (χ0n) is 21.0. The van der Waals surface area contributed by atoms with E-state index < -0.39 is 6.04 Å². The third-order valence-electron chi connectivity index (χ3n) is 8.00. The summed E-state index contributed by atoms with van der Waals surface area (Å²) in [6.07, 6.45) is 11.1. The Morgan fingerprint density at radius 3 is 2.47 bits per heavy atom. The minimum Gasteiger partial charge on any atom is -0.361 e. The molecule has 0 bridgehead atoms. The molecular weight excluding hydrogens is 448 g/mol. The summed E-state index contributed by atoms with van der Waals surface area (Å²) in [4.78, 5) is 32.2. The molecule has 2 heterocycles. The molecular formula is C30H38N4O2. The van der Waals surface area contributed by atoms with Crippen molar-refractivity contribution in [2.75, 3.05) is 26.2 Å². The number of hydrogen-bond donors (Lipinski definition) is 3. The standard InChI is InChI=1S/C30H38N4O2/c35-29(26-12-11-24-13-16-31-27(24)19-26)33-28(25-9-5-2-6-10-25)30(36)32-20-22-14-17-34(18-15-22)21-23-7-3-1-4-8-23/h2,5-6,9-13,16,19,22-23,28,31H,1,3-4,7-8,14-15,17-18,20-21H2,(H,32,36)(H,33,35)/t28-/m1/s1. The highest BCUT2D eigenvalue weighted by molar-refractivity contribution is 6.00. The second-order valence-corrected chi connectivity index (χ2v) is 10.6. The average molecular weight is 487 g/mol. The normalized spacial score (nSPS) is 18.7. The lowest BCUT2D eigenvalue weighted by molar-refractivity contribution is -0.123. The van der Waals surface area contributed by atoms with E-state index in [-0.39, 0.29) is 11.8 Å². The molecule has 2 amide bonds. The minimum atomic E-state index is -0.732. The van der Waals surface area contributed by atoms with E-state index in [9.17, 15) is 9.59 Å². The van der Waals surface area contributed by atoms with Gasteiger partial charge in [-0.2, -0.15) is 0 Å². The number of carbonyl (C=O) groups is 2. The number of nitrogens with zero attached hydrogens (tertiary/aromatic N) is 1. The molecule has 190 valence electrons. The second kappa shape index (κ2) is 11.7. The quantitative estimate of drug-likeness (QED) is 0.417. The number of amides is 2. The number of aromatic nitrogens is 1. The highest BCUT2D eigenvalue weighted by Crippen LogP contribution is 2.26. The van der Waals surface area contributed by atoms with Crippen LogP contribution in [0.5, 0.6) is 0 Å². The van der Waals surface area contributed by atoms with E-state index in [1.807, 2.05) is 54.7 Å². The van der Waals surface area contributed by atoms with Gasteiger partial charge in [0.15, 0.2) is 0 Å². The molecule has 1 aromatic heterocycles. The van der Waals surface area contributed by atoms with Crippen molar-refractivity contribution in [1.29, 1.82) is 0 Å². The molecule has 0 radical (unpaired) electrons. The zero-order chi connectivity index (χ0) is 24.7. The monoisotopic (exact) mass is 486 g/mol. The fourth-order valence-electron chi connectivity index (χ4n) is 5.80. The molecule has 0 spiro atoms. The first kappa shape index (κ1) is 24.6. The van der Waals surface area contributed by atoms with Crippen LogP contribution in [0, 0.1) is 11.8 Å². The summed E-state index contributed by atoms with van der Waals surface area (Å²) in [6.45, 7) is 4.15. The van der Waals surface area contributed by atoms with E-state index in [0.29, 0.717) is 18.0 Å². The maximum absolute atomic E-state index is 13.3. The van der Waals surface area contributed by atoms with Crippen LogP contribution >= 0.6 is 0 Å². The van der Waals surface area contributed by atoms with Gasteiger partial charge in [0.2, 0.25) is 5.91 Å². The van der Waals surface area contributed by atoms with Crippen LogP contribution < -0.4 is 10.6 Å². The zero-order valence-corrected chi connectivity index (χ0v) is 21.0. The summed E-state index contributed by atoms with van der Waals surface area (Å²) in [5.41, 5.74) is 2.22. The van der Waals surface area contributed by atoms with Gasteiger partial charge in [-0.05, 0) is 79.8 Å². The lowest BCUT2D eigenvalue weighted by Crippen LogP contribution is -2.44. The van der Waals surface area contributed by atoms with Gasteiger partial charge in [0.05, 0.1) is 0 Å². The first-order valence-corrected chi connectivity index (χ1v) is 13.6. The summed E-state index contributed by atoms with van der Waals surface area (Å²) in [5.74, 6) is 0.952. The van der Waals surface area contributed by atoms with Gasteiger partial charge >= 0.3 is 0 Å². The Hall–Kier alpha value is -3.12. The molecule has 2 fully saturated rings. The van der Waals surface area contributed by atoms with Gasteiger partial charge in [-0.1, -0.05) is 55.7 Å². The maximum Gasteiger partial charge on any atom is 0.252 e. The number of rotatable bonds is 8. The highest BCUT2D eigenvalue weighted by Gasteiger charge is 2.26. The van der Waals surface area contributed by atoms with Crippen LogP contribution in [0.25, 0.3) is 10.9 Å². The number of aromatic amines is 1. The number of carbonyl (C=O) groups excluding carboxylic acids is 2. The molecule has 6 heteroatoms. The summed E-state index contributed by atoms with van der Waals surface area (Å²) in [6, 6.07) is 16.3. The Morgan fingerprint density at radius 1 is 0.917 bits per heavy atom. The van der Waals surface area contributed by atoms with E-state index >= 15 is 0 Å². The summed E-state index contributed by atoms with van der Waals surface area (Å²) in [5, 5.41) is 7.17. The number of hydrogen-bond acceptors (Lipinski definition) is 3. The SMILES string of the molecule is O=C(N[C@@H](C(=O)NCC1CCN(CC2CCCCC2)CC1)c1ccccc1)c1ccc2cc[nH]c2c1. The summed E-state index contributed by atoms with van der Waals surface area (Å²) < 4.78 is 0. The molecule has 3 N–H and O–H groups in total. The van der Waals surface area contributed by atoms with Crippen LogP contribution in [-0.4, -0.2) is 47.9 Å². The maximum atomic E-state index is 13.3. The van der Waals surface area contributed by atoms with Gasteiger partial charge in [0.25, 0.3) is 5.91 Å². The first-order valence-electron chi connectivity index (χ1n) is 13.6. The Balaban J connectivity index is 1.16. The van der Waals surface area contributed by atoms with Crippen LogP contribution in [-0.2, 0) is 4.79 Å². The number of piperidine rings is 1. The molecule has 3 aromatic rings. The molecule has 2 aromatic carbocycles. The van der Waals surface area contributed by atoms with Crippen molar-refractivity contribution < 1.29 is 9.59 Å². The topological polar surface area (TPSA) is 77.2 Å². The van der Waals surface area contributed by atoms with Gasteiger partial charge in [-0.15, -0.1) is 0 Å². The Morgan fingerprint density at radius 2 is 1.69 bits per heavy atom. The number of nitrogens with one attached hydrogen (secondary N) is 3. The van der Waals surface area contributed by atoms with Crippen molar-refractivity contribution in [2.45, 2.75) is 51.0 Å². The number of benzene rings is 2. The second-order valence-electron chi connectivity index (χ2n) is 10.6. The predicted molar refractivity (Wildman–Crippen MR) is 144 cm³/mol. The van der Waals surface area contributed by atoms with E-state index in [1.165, 1.54) is 38.6 Å². The summed E-state index contributed by atoms with van der Waals surface area (Å²) >= 11 is 0. The predicted octanol–water partition coefficient (Wildman–Crippen LogP) is 5.05. The minimum absolute atomic E-state index is 0.153. The number of H-pyrrole nitrogens is 1. The molecule has 1 aliphatic heterocycles. The molecule has 36 heavy (non-hydrogen) atoms. The van der Waals surface area contributed by atoms with Gasteiger partial charge in [0.1, 0.15) is 6.04 Å². The molecule has 1 saturated heterocycles. The molecule has 0 unspecified atom stereocenters. The molecule has 2 aliphatic rings. The average Bonchev–Trinajstić information content (AvgIpc) is 3.40. The lowest BCUT2D eigenvalue weighted by atomic mass is 9.88. The van der Waals surface area contributed by atoms with Gasteiger partial charge in [-0.3, -0.25) is 9.59 Å². The van der Waals surface area contributed by atoms with Crippen molar-refractivity contribution in [2.24, 2.45) is 11.8 Å². The van der Waals surface area contributed by atoms with E-state index in [0.717, 1.165) is 48.3 Å². The molecule has 1 aliphatic carbocycles. The summed E-state index contributed by atoms with van der Waals surface area (Å²) in [7, 11) is 0. The van der Waals surface area contributed by atoms with Gasteiger partial charge in [-0.25, -0.2) is 0 Å². The van der Waals surface area contributed by atoms with E-state index in [1.54, 1.807) is 6.07 Å². The fourth-order valence-corrected chi connectivity index (χ4v) is 5.80. The van der Waals surface area contributed by atoms with Crippen molar-refractivity contribution >= 4 is 22.7 Å². The van der Waals surface area contributed by atoms with Crippen LogP contribution in [0.15, 0.2) is 60.8 Å². The molecule has 6 nitrogen and oxygen atoms in total. The third-order valence-corrected chi connectivity index (χ3v) is 8.00.